The van der Waals surface area contributed by atoms with Gasteiger partial charge in [-0.1, -0.05) is 66.2 Å². The van der Waals surface area contributed by atoms with Crippen LogP contribution in [0.5, 0.6) is 0 Å². The predicted molar refractivity (Wildman–Crippen MR) is 110 cm³/mol. The van der Waals surface area contributed by atoms with E-state index in [4.69, 9.17) is 16.3 Å². The second kappa shape index (κ2) is 9.04. The normalized spacial score (nSPS) is 11.2. The van der Waals surface area contributed by atoms with Crippen molar-refractivity contribution in [1.82, 2.24) is 0 Å². The van der Waals surface area contributed by atoms with Crippen LogP contribution < -0.4 is 0 Å². The van der Waals surface area contributed by atoms with Crippen molar-refractivity contribution in [1.29, 1.82) is 0 Å². The van der Waals surface area contributed by atoms with Gasteiger partial charge in [-0.3, -0.25) is 0 Å². The third-order valence-corrected chi connectivity index (χ3v) is 5.89. The summed E-state index contributed by atoms with van der Waals surface area (Å²) >= 11 is 5.83. The Hall–Kier alpha value is -2.63. The lowest BCUT2D eigenvalue weighted by molar-refractivity contribution is 0.0472. The fourth-order valence-electron chi connectivity index (χ4n) is 2.68. The average molecular weight is 415 g/mol. The van der Waals surface area contributed by atoms with Crippen molar-refractivity contribution >= 4 is 27.4 Å². The molecule has 0 aliphatic carbocycles. The van der Waals surface area contributed by atoms with Gasteiger partial charge in [0, 0.05) is 5.02 Å². The molecule has 3 aromatic rings. The molecule has 0 amide bonds. The number of carbonyl (C=O) groups excluding carboxylic acids is 1. The number of ether oxygens (including phenoxy) is 1. The number of esters is 1. The molecule has 6 heteroatoms. The summed E-state index contributed by atoms with van der Waals surface area (Å²) < 4.78 is 30.0. The van der Waals surface area contributed by atoms with Crippen LogP contribution in [0.25, 0.3) is 0 Å². The molecule has 0 radical (unpaired) electrons. The van der Waals surface area contributed by atoms with Crippen LogP contribution in [0.1, 0.15) is 27.0 Å². The minimum absolute atomic E-state index is 0.0152. The van der Waals surface area contributed by atoms with Crippen LogP contribution in [0, 0.1) is 0 Å². The van der Waals surface area contributed by atoms with Gasteiger partial charge in [0.05, 0.1) is 17.1 Å². The van der Waals surface area contributed by atoms with Crippen molar-refractivity contribution in [3.05, 3.63) is 106 Å². The third-order valence-electron chi connectivity index (χ3n) is 4.09. The zero-order chi connectivity index (χ0) is 20.0. The highest BCUT2D eigenvalue weighted by atomic mass is 35.5. The summed E-state index contributed by atoms with van der Waals surface area (Å²) in [7, 11) is -3.30. The van der Waals surface area contributed by atoms with Gasteiger partial charge >= 0.3 is 5.97 Å². The minimum atomic E-state index is -3.30. The molecule has 144 valence electrons. The van der Waals surface area contributed by atoms with E-state index in [2.05, 4.69) is 0 Å². The van der Waals surface area contributed by atoms with E-state index in [1.165, 1.54) is 0 Å². The van der Waals surface area contributed by atoms with Gasteiger partial charge in [0.2, 0.25) is 0 Å². The highest BCUT2D eigenvalue weighted by Gasteiger charge is 2.14. The topological polar surface area (TPSA) is 60.4 Å². The lowest BCUT2D eigenvalue weighted by Gasteiger charge is -2.07. The Balaban J connectivity index is 1.58. The maximum absolute atomic E-state index is 12.4. The van der Waals surface area contributed by atoms with E-state index < -0.39 is 15.8 Å². The first-order valence-corrected chi connectivity index (χ1v) is 10.9. The van der Waals surface area contributed by atoms with Crippen LogP contribution in [-0.4, -0.2) is 14.4 Å². The van der Waals surface area contributed by atoms with Gasteiger partial charge in [0.25, 0.3) is 0 Å². The summed E-state index contributed by atoms with van der Waals surface area (Å²) in [6, 6.07) is 22.5. The first kappa shape index (κ1) is 20.1. The van der Waals surface area contributed by atoms with Gasteiger partial charge in [-0.2, -0.15) is 0 Å². The minimum Gasteiger partial charge on any atom is -0.457 e. The standard InChI is InChI=1S/C22H19ClO4S/c23-21-12-8-17(9-13-21)14-27-22(24)20-10-6-19(7-11-20)16-28(25,26)15-18-4-2-1-3-5-18/h1-13H,14-16H2. The molecule has 3 aromatic carbocycles. The van der Waals surface area contributed by atoms with E-state index in [0.717, 1.165) is 11.1 Å². The predicted octanol–water partition coefficient (Wildman–Crippen LogP) is 4.81. The van der Waals surface area contributed by atoms with E-state index >= 15 is 0 Å². The quantitative estimate of drug-likeness (QED) is 0.520. The maximum atomic E-state index is 12.4. The van der Waals surface area contributed by atoms with Crippen LogP contribution in [0.4, 0.5) is 0 Å². The molecule has 3 rings (SSSR count). The molecular weight excluding hydrogens is 396 g/mol. The van der Waals surface area contributed by atoms with Crippen LogP contribution in [-0.2, 0) is 32.7 Å². The van der Waals surface area contributed by atoms with Gasteiger partial charge in [0.1, 0.15) is 6.61 Å². The van der Waals surface area contributed by atoms with E-state index in [-0.39, 0.29) is 18.1 Å². The van der Waals surface area contributed by atoms with E-state index in [1.54, 1.807) is 60.7 Å². The fraction of sp³-hybridized carbons (Fsp3) is 0.136. The van der Waals surface area contributed by atoms with Crippen molar-refractivity contribution < 1.29 is 17.9 Å². The Kier molecular flexibility index (Phi) is 6.49. The first-order chi connectivity index (χ1) is 13.4. The Morgan fingerprint density at radius 3 is 1.89 bits per heavy atom. The number of hydrogen-bond donors (Lipinski definition) is 0. The van der Waals surface area contributed by atoms with Crippen LogP contribution in [0.2, 0.25) is 5.02 Å². The van der Waals surface area contributed by atoms with Crippen LogP contribution in [0.15, 0.2) is 78.9 Å². The Morgan fingerprint density at radius 2 is 1.29 bits per heavy atom. The monoisotopic (exact) mass is 414 g/mol. The molecule has 0 bridgehead atoms. The first-order valence-electron chi connectivity index (χ1n) is 8.66. The summed E-state index contributed by atoms with van der Waals surface area (Å²) in [6.45, 7) is 0.142. The molecule has 0 fully saturated rings. The summed E-state index contributed by atoms with van der Waals surface area (Å²) in [5, 5.41) is 0.618. The molecule has 0 unspecified atom stereocenters. The molecule has 0 aliphatic rings. The van der Waals surface area contributed by atoms with Crippen molar-refractivity contribution in [2.24, 2.45) is 0 Å². The zero-order valence-corrected chi connectivity index (χ0v) is 16.6. The number of sulfone groups is 1. The largest absolute Gasteiger partial charge is 0.457 e. The molecule has 0 saturated carbocycles. The van der Waals surface area contributed by atoms with Crippen molar-refractivity contribution in [2.75, 3.05) is 0 Å². The second-order valence-electron chi connectivity index (χ2n) is 6.42. The molecule has 0 heterocycles. The Morgan fingerprint density at radius 1 is 0.750 bits per heavy atom. The number of benzene rings is 3. The highest BCUT2D eigenvalue weighted by Crippen LogP contribution is 2.15. The average Bonchev–Trinajstić information content (AvgIpc) is 2.68. The van der Waals surface area contributed by atoms with Gasteiger partial charge in [-0.05, 0) is 41.0 Å². The smallest absolute Gasteiger partial charge is 0.338 e. The molecule has 0 N–H and O–H groups in total. The van der Waals surface area contributed by atoms with E-state index in [0.29, 0.717) is 16.1 Å². The summed E-state index contributed by atoms with van der Waals surface area (Å²) in [5.41, 5.74) is 2.59. The molecule has 0 aliphatic heterocycles. The zero-order valence-electron chi connectivity index (χ0n) is 15.0. The molecule has 0 atom stereocenters. The Labute approximate surface area is 169 Å². The molecule has 0 aromatic heterocycles. The summed E-state index contributed by atoms with van der Waals surface area (Å²) in [4.78, 5) is 12.2. The third kappa shape index (κ3) is 5.94. The van der Waals surface area contributed by atoms with Crippen molar-refractivity contribution in [3.8, 4) is 0 Å². The van der Waals surface area contributed by atoms with Gasteiger partial charge in [-0.25, -0.2) is 13.2 Å². The molecular formula is C22H19ClO4S. The van der Waals surface area contributed by atoms with E-state index in [9.17, 15) is 13.2 Å². The lowest BCUT2D eigenvalue weighted by atomic mass is 10.1. The highest BCUT2D eigenvalue weighted by molar-refractivity contribution is 7.89. The summed E-state index contributed by atoms with van der Waals surface area (Å²) in [6.07, 6.45) is 0. The SMILES string of the molecule is O=C(OCc1ccc(Cl)cc1)c1ccc(CS(=O)(=O)Cc2ccccc2)cc1. The molecule has 4 nitrogen and oxygen atoms in total. The number of hydrogen-bond acceptors (Lipinski definition) is 4. The molecule has 28 heavy (non-hydrogen) atoms. The van der Waals surface area contributed by atoms with Crippen molar-refractivity contribution in [3.63, 3.8) is 0 Å². The van der Waals surface area contributed by atoms with E-state index in [1.807, 2.05) is 18.2 Å². The number of carbonyl (C=O) groups is 1. The van der Waals surface area contributed by atoms with Crippen LogP contribution >= 0.6 is 11.6 Å². The van der Waals surface area contributed by atoms with Gasteiger partial charge < -0.3 is 4.74 Å². The van der Waals surface area contributed by atoms with Gasteiger partial charge in [0.15, 0.2) is 9.84 Å². The van der Waals surface area contributed by atoms with Gasteiger partial charge in [-0.15, -0.1) is 0 Å². The molecule has 0 saturated heterocycles. The lowest BCUT2D eigenvalue weighted by Crippen LogP contribution is -2.08. The summed E-state index contributed by atoms with van der Waals surface area (Å²) in [5.74, 6) is -0.561. The number of halogens is 1. The number of rotatable bonds is 7. The Bertz CT molecular complexity index is 1030. The maximum Gasteiger partial charge on any atom is 0.338 e. The van der Waals surface area contributed by atoms with Crippen LogP contribution in [0.3, 0.4) is 0 Å². The van der Waals surface area contributed by atoms with Crippen molar-refractivity contribution in [2.45, 2.75) is 18.1 Å². The molecule has 0 spiro atoms. The second-order valence-corrected chi connectivity index (χ2v) is 8.92. The fourth-order valence-corrected chi connectivity index (χ4v) is 4.31.